The molecular weight excluding hydrogens is 272 g/mol. The third-order valence-electron chi connectivity index (χ3n) is 7.95. The number of fused-ring (bicyclic) bond motifs is 3. The first-order valence-corrected chi connectivity index (χ1v) is 9.13. The summed E-state index contributed by atoms with van der Waals surface area (Å²) in [7, 11) is 0. The van der Waals surface area contributed by atoms with Gasteiger partial charge in [0.15, 0.2) is 0 Å². The van der Waals surface area contributed by atoms with Crippen LogP contribution in [0.25, 0.3) is 0 Å². The zero-order valence-corrected chi connectivity index (χ0v) is 14.9. The molecule has 7 atom stereocenters. The first kappa shape index (κ1) is 16.5. The normalized spacial score (nSPS) is 53.1. The van der Waals surface area contributed by atoms with E-state index in [2.05, 4.69) is 20.4 Å². The van der Waals surface area contributed by atoms with Crippen molar-refractivity contribution in [2.24, 2.45) is 28.6 Å². The molecule has 0 unspecified atom stereocenters. The van der Waals surface area contributed by atoms with Crippen LogP contribution in [0.5, 0.6) is 0 Å². The van der Waals surface area contributed by atoms with Crippen LogP contribution in [0.4, 0.5) is 0 Å². The molecule has 22 heavy (non-hydrogen) atoms. The van der Waals surface area contributed by atoms with Gasteiger partial charge in [-0.1, -0.05) is 19.9 Å². The van der Waals surface area contributed by atoms with Crippen LogP contribution in [0.1, 0.15) is 72.6 Å². The first-order valence-electron chi connectivity index (χ1n) is 9.13. The highest BCUT2D eigenvalue weighted by atomic mass is 16.3. The Labute approximate surface area is 136 Å². The van der Waals surface area contributed by atoms with E-state index in [1.807, 2.05) is 13.8 Å². The van der Waals surface area contributed by atoms with Crippen molar-refractivity contribution in [3.63, 3.8) is 0 Å². The highest BCUT2D eigenvalue weighted by molar-refractivity contribution is 5.16. The van der Waals surface area contributed by atoms with Crippen molar-refractivity contribution in [2.45, 2.75) is 83.8 Å². The predicted molar refractivity (Wildman–Crippen MR) is 90.4 cm³/mol. The van der Waals surface area contributed by atoms with E-state index in [1.165, 1.54) is 25.7 Å². The van der Waals surface area contributed by atoms with Gasteiger partial charge >= 0.3 is 0 Å². The zero-order valence-electron chi connectivity index (χ0n) is 14.9. The van der Waals surface area contributed by atoms with Crippen molar-refractivity contribution in [2.75, 3.05) is 0 Å². The lowest BCUT2D eigenvalue weighted by molar-refractivity contribution is -0.157. The average Bonchev–Trinajstić information content (AvgIpc) is 3.08. The molecule has 0 saturated heterocycles. The van der Waals surface area contributed by atoms with Gasteiger partial charge in [0.1, 0.15) is 0 Å². The molecule has 2 heteroatoms. The number of hydrogen-bond donors (Lipinski definition) is 2. The van der Waals surface area contributed by atoms with Gasteiger partial charge in [-0.25, -0.2) is 0 Å². The van der Waals surface area contributed by atoms with Crippen molar-refractivity contribution in [1.29, 1.82) is 0 Å². The summed E-state index contributed by atoms with van der Waals surface area (Å²) in [5.74, 6) is 1.96. The molecule has 0 aliphatic heterocycles. The van der Waals surface area contributed by atoms with Crippen molar-refractivity contribution in [3.8, 4) is 0 Å². The van der Waals surface area contributed by atoms with Crippen LogP contribution in [0.15, 0.2) is 12.7 Å². The standard InChI is InChI=1S/C20H34O2/c1-6-17(2,21)10-8-16-18(3)11-7-14-13-19(14,4)15(18)9-12-20(16,5)22/h6,14-16,21-22H,1,7-13H2,2-5H3/t14-,15+,16+,17+,18-,19+,20-/m1/s1. The molecule has 3 aliphatic carbocycles. The second-order valence-electron chi connectivity index (χ2n) is 9.55. The second kappa shape index (κ2) is 4.83. The van der Waals surface area contributed by atoms with Gasteiger partial charge in [0.2, 0.25) is 0 Å². The Kier molecular flexibility index (Phi) is 3.63. The van der Waals surface area contributed by atoms with Crippen LogP contribution in [-0.4, -0.2) is 21.4 Å². The molecule has 0 heterocycles. The molecule has 2 nitrogen and oxygen atoms in total. The largest absolute Gasteiger partial charge is 0.390 e. The van der Waals surface area contributed by atoms with Gasteiger partial charge < -0.3 is 10.2 Å². The zero-order chi connectivity index (χ0) is 16.4. The molecule has 3 aliphatic rings. The molecule has 0 aromatic rings. The number of aliphatic hydroxyl groups is 2. The molecule has 3 rings (SSSR count). The highest BCUT2D eigenvalue weighted by Gasteiger charge is 2.67. The summed E-state index contributed by atoms with van der Waals surface area (Å²) >= 11 is 0. The van der Waals surface area contributed by atoms with Crippen LogP contribution in [0, 0.1) is 28.6 Å². The quantitative estimate of drug-likeness (QED) is 0.760. The van der Waals surface area contributed by atoms with Crippen LogP contribution < -0.4 is 0 Å². The molecule has 0 radical (unpaired) electrons. The molecule has 0 bridgehead atoms. The van der Waals surface area contributed by atoms with E-state index in [4.69, 9.17) is 0 Å². The Bertz CT molecular complexity index is 466. The lowest BCUT2D eigenvalue weighted by Crippen LogP contribution is -2.56. The molecule has 0 aromatic carbocycles. The highest BCUT2D eigenvalue weighted by Crippen LogP contribution is 2.73. The topological polar surface area (TPSA) is 40.5 Å². The maximum absolute atomic E-state index is 11.1. The van der Waals surface area contributed by atoms with Gasteiger partial charge in [0.25, 0.3) is 0 Å². The van der Waals surface area contributed by atoms with Gasteiger partial charge in [-0.2, -0.15) is 0 Å². The monoisotopic (exact) mass is 306 g/mol. The van der Waals surface area contributed by atoms with Crippen molar-refractivity contribution in [3.05, 3.63) is 12.7 Å². The lowest BCUT2D eigenvalue weighted by atomic mass is 9.48. The summed E-state index contributed by atoms with van der Waals surface area (Å²) in [5.41, 5.74) is -0.663. The van der Waals surface area contributed by atoms with E-state index in [0.717, 1.165) is 24.7 Å². The Hall–Kier alpha value is -0.340. The summed E-state index contributed by atoms with van der Waals surface area (Å²) in [5, 5.41) is 21.4. The van der Waals surface area contributed by atoms with E-state index >= 15 is 0 Å². The summed E-state index contributed by atoms with van der Waals surface area (Å²) in [6, 6.07) is 0. The van der Waals surface area contributed by atoms with Crippen LogP contribution >= 0.6 is 0 Å². The first-order chi connectivity index (χ1) is 10.1. The van der Waals surface area contributed by atoms with E-state index < -0.39 is 11.2 Å². The predicted octanol–water partition coefficient (Wildman–Crippen LogP) is 4.31. The summed E-state index contributed by atoms with van der Waals surface area (Å²) in [6.45, 7) is 12.5. The summed E-state index contributed by atoms with van der Waals surface area (Å²) in [4.78, 5) is 0. The van der Waals surface area contributed by atoms with Gasteiger partial charge in [0.05, 0.1) is 11.2 Å². The minimum Gasteiger partial charge on any atom is -0.390 e. The molecule has 3 saturated carbocycles. The second-order valence-corrected chi connectivity index (χ2v) is 9.55. The van der Waals surface area contributed by atoms with Crippen molar-refractivity contribution < 1.29 is 10.2 Å². The third kappa shape index (κ3) is 2.38. The molecule has 0 aromatic heterocycles. The number of rotatable bonds is 4. The molecule has 126 valence electrons. The average molecular weight is 306 g/mol. The summed E-state index contributed by atoms with van der Waals surface area (Å²) < 4.78 is 0. The Morgan fingerprint density at radius 3 is 2.50 bits per heavy atom. The molecular formula is C20H34O2. The lowest BCUT2D eigenvalue weighted by Gasteiger charge is -2.58. The smallest absolute Gasteiger partial charge is 0.0797 e. The fourth-order valence-electron chi connectivity index (χ4n) is 6.32. The maximum Gasteiger partial charge on any atom is 0.0797 e. The minimum atomic E-state index is -0.819. The molecule has 0 spiro atoms. The van der Waals surface area contributed by atoms with Crippen LogP contribution in [0.2, 0.25) is 0 Å². The fourth-order valence-corrected chi connectivity index (χ4v) is 6.32. The Balaban J connectivity index is 1.85. The molecule has 3 fully saturated rings. The summed E-state index contributed by atoms with van der Waals surface area (Å²) in [6.07, 6.45) is 9.28. The van der Waals surface area contributed by atoms with Gasteiger partial charge in [-0.05, 0) is 87.4 Å². The van der Waals surface area contributed by atoms with Gasteiger partial charge in [-0.3, -0.25) is 0 Å². The fraction of sp³-hybridized carbons (Fsp3) is 0.900. The van der Waals surface area contributed by atoms with E-state index in [1.54, 1.807) is 6.08 Å². The van der Waals surface area contributed by atoms with Crippen LogP contribution in [-0.2, 0) is 0 Å². The van der Waals surface area contributed by atoms with E-state index in [-0.39, 0.29) is 11.3 Å². The molecule has 0 amide bonds. The van der Waals surface area contributed by atoms with Crippen molar-refractivity contribution in [1.82, 2.24) is 0 Å². The van der Waals surface area contributed by atoms with Crippen LogP contribution in [0.3, 0.4) is 0 Å². The Morgan fingerprint density at radius 2 is 1.86 bits per heavy atom. The molecule has 2 N–H and O–H groups in total. The van der Waals surface area contributed by atoms with Crippen molar-refractivity contribution >= 4 is 0 Å². The van der Waals surface area contributed by atoms with E-state index in [9.17, 15) is 10.2 Å². The minimum absolute atomic E-state index is 0.223. The number of hydrogen-bond acceptors (Lipinski definition) is 2. The third-order valence-corrected chi connectivity index (χ3v) is 7.95. The SMILES string of the molecule is C=C[C@](C)(O)CC[C@H]1[C@]2(C)CC[C@@H]3C[C@]3(C)[C@H]2CC[C@@]1(C)O. The Morgan fingerprint density at radius 1 is 1.18 bits per heavy atom. The van der Waals surface area contributed by atoms with Gasteiger partial charge in [-0.15, -0.1) is 6.58 Å². The van der Waals surface area contributed by atoms with Gasteiger partial charge in [0, 0.05) is 0 Å². The maximum atomic E-state index is 11.1. The van der Waals surface area contributed by atoms with E-state index in [0.29, 0.717) is 11.8 Å².